The normalized spacial score (nSPS) is 11.4. The lowest BCUT2D eigenvalue weighted by molar-refractivity contribution is 0.354. The van der Waals surface area contributed by atoms with E-state index >= 15 is 0 Å². The topological polar surface area (TPSA) is 64.6 Å². The first kappa shape index (κ1) is 19.3. The van der Waals surface area contributed by atoms with Crippen LogP contribution in [0, 0.1) is 6.92 Å². The van der Waals surface area contributed by atoms with Gasteiger partial charge in [-0.1, -0.05) is 19.1 Å². The van der Waals surface area contributed by atoms with E-state index in [9.17, 15) is 8.42 Å². The molecule has 0 aromatic heterocycles. The third-order valence-corrected chi connectivity index (χ3v) is 5.65. The maximum absolute atomic E-state index is 12.4. The van der Waals surface area contributed by atoms with Gasteiger partial charge in [-0.15, -0.1) is 0 Å². The molecule has 0 aliphatic heterocycles. The molecule has 2 aromatic rings. The number of aryl methyl sites for hydroxylation is 2. The summed E-state index contributed by atoms with van der Waals surface area (Å²) in [6.45, 7) is 4.32. The second-order valence-corrected chi connectivity index (χ2v) is 7.55. The van der Waals surface area contributed by atoms with Crippen LogP contribution in [0.4, 0.5) is 0 Å². The van der Waals surface area contributed by atoms with Crippen LogP contribution < -0.4 is 14.2 Å². The molecule has 0 radical (unpaired) electrons. The van der Waals surface area contributed by atoms with Crippen molar-refractivity contribution in [2.75, 3.05) is 20.8 Å². The largest absolute Gasteiger partial charge is 0.493 e. The van der Waals surface area contributed by atoms with Crippen molar-refractivity contribution in [2.45, 2.75) is 31.6 Å². The number of ether oxygens (including phenoxy) is 2. The molecule has 2 rings (SSSR count). The number of hydrogen-bond donors (Lipinski definition) is 1. The maximum atomic E-state index is 12.4. The highest BCUT2D eigenvalue weighted by molar-refractivity contribution is 7.89. The van der Waals surface area contributed by atoms with Crippen molar-refractivity contribution >= 4 is 10.0 Å². The van der Waals surface area contributed by atoms with Gasteiger partial charge in [-0.3, -0.25) is 0 Å². The van der Waals surface area contributed by atoms with E-state index in [1.807, 2.05) is 38.1 Å². The van der Waals surface area contributed by atoms with Gasteiger partial charge in [0.2, 0.25) is 10.0 Å². The molecule has 0 fully saturated rings. The van der Waals surface area contributed by atoms with E-state index in [4.69, 9.17) is 9.47 Å². The number of benzene rings is 2. The zero-order chi connectivity index (χ0) is 18.4. The summed E-state index contributed by atoms with van der Waals surface area (Å²) >= 11 is 0. The first-order chi connectivity index (χ1) is 11.9. The van der Waals surface area contributed by atoms with E-state index in [0.29, 0.717) is 24.5 Å². The molecular weight excluding hydrogens is 338 g/mol. The Morgan fingerprint density at radius 1 is 1.00 bits per heavy atom. The summed E-state index contributed by atoms with van der Waals surface area (Å²) in [5.74, 6) is 1.31. The van der Waals surface area contributed by atoms with Gasteiger partial charge in [-0.05, 0) is 60.7 Å². The van der Waals surface area contributed by atoms with E-state index < -0.39 is 10.0 Å². The van der Waals surface area contributed by atoms with Gasteiger partial charge in [-0.2, -0.15) is 0 Å². The standard InChI is InChI=1S/C19H25NO4S/c1-5-15-6-8-17(9-7-15)25(21,22)20-11-10-16-13-19(24-4)18(23-3)12-14(16)2/h6-9,12-13,20H,5,10-11H2,1-4H3. The summed E-state index contributed by atoms with van der Waals surface area (Å²) in [5.41, 5.74) is 3.16. The van der Waals surface area contributed by atoms with Gasteiger partial charge in [0, 0.05) is 6.54 Å². The van der Waals surface area contributed by atoms with Gasteiger partial charge in [-0.25, -0.2) is 13.1 Å². The van der Waals surface area contributed by atoms with Crippen molar-refractivity contribution in [3.8, 4) is 11.5 Å². The lowest BCUT2D eigenvalue weighted by Crippen LogP contribution is -2.26. The van der Waals surface area contributed by atoms with Crippen molar-refractivity contribution in [3.63, 3.8) is 0 Å². The predicted molar refractivity (Wildman–Crippen MR) is 99.0 cm³/mol. The van der Waals surface area contributed by atoms with Gasteiger partial charge < -0.3 is 9.47 Å². The minimum Gasteiger partial charge on any atom is -0.493 e. The van der Waals surface area contributed by atoms with Crippen molar-refractivity contribution in [1.29, 1.82) is 0 Å². The van der Waals surface area contributed by atoms with Crippen LogP contribution in [0.3, 0.4) is 0 Å². The fraction of sp³-hybridized carbons (Fsp3) is 0.368. The van der Waals surface area contributed by atoms with Crippen LogP contribution in [0.1, 0.15) is 23.6 Å². The number of sulfonamides is 1. The van der Waals surface area contributed by atoms with E-state index in [0.717, 1.165) is 23.1 Å². The molecular formula is C19H25NO4S. The highest BCUT2D eigenvalue weighted by atomic mass is 32.2. The SMILES string of the molecule is CCc1ccc(S(=O)(=O)NCCc2cc(OC)c(OC)cc2C)cc1. The van der Waals surface area contributed by atoms with E-state index in [1.54, 1.807) is 26.4 Å². The number of hydrogen-bond acceptors (Lipinski definition) is 4. The van der Waals surface area contributed by atoms with Gasteiger partial charge in [0.05, 0.1) is 19.1 Å². The molecule has 0 aliphatic rings. The number of nitrogens with one attached hydrogen (secondary N) is 1. The second-order valence-electron chi connectivity index (χ2n) is 5.78. The smallest absolute Gasteiger partial charge is 0.240 e. The Morgan fingerprint density at radius 2 is 1.60 bits per heavy atom. The molecule has 0 bridgehead atoms. The Labute approximate surface area is 150 Å². The zero-order valence-electron chi connectivity index (χ0n) is 15.1. The molecule has 136 valence electrons. The van der Waals surface area contributed by atoms with Crippen LogP contribution in [0.15, 0.2) is 41.3 Å². The van der Waals surface area contributed by atoms with Gasteiger partial charge in [0.1, 0.15) is 0 Å². The molecule has 0 saturated heterocycles. The lowest BCUT2D eigenvalue weighted by Gasteiger charge is -2.13. The summed E-state index contributed by atoms with van der Waals surface area (Å²) in [5, 5.41) is 0. The van der Waals surface area contributed by atoms with E-state index in [1.165, 1.54) is 0 Å². The molecule has 0 aliphatic carbocycles. The molecule has 1 N–H and O–H groups in total. The van der Waals surface area contributed by atoms with Crippen molar-refractivity contribution in [1.82, 2.24) is 4.72 Å². The third-order valence-electron chi connectivity index (χ3n) is 4.17. The Kier molecular flexibility index (Phi) is 6.45. The summed E-state index contributed by atoms with van der Waals surface area (Å²) in [6.07, 6.45) is 1.45. The zero-order valence-corrected chi connectivity index (χ0v) is 15.9. The minimum absolute atomic E-state index is 0.286. The van der Waals surface area contributed by atoms with Crippen LogP contribution in [0.5, 0.6) is 11.5 Å². The molecule has 0 heterocycles. The molecule has 0 spiro atoms. The Morgan fingerprint density at radius 3 is 2.16 bits per heavy atom. The lowest BCUT2D eigenvalue weighted by atomic mass is 10.0. The first-order valence-electron chi connectivity index (χ1n) is 8.21. The average molecular weight is 363 g/mol. The van der Waals surface area contributed by atoms with Crippen molar-refractivity contribution < 1.29 is 17.9 Å². The molecule has 6 heteroatoms. The average Bonchev–Trinajstić information content (AvgIpc) is 2.62. The van der Waals surface area contributed by atoms with Crippen LogP contribution >= 0.6 is 0 Å². The van der Waals surface area contributed by atoms with E-state index in [2.05, 4.69) is 4.72 Å². The molecule has 0 atom stereocenters. The minimum atomic E-state index is -3.50. The molecule has 5 nitrogen and oxygen atoms in total. The van der Waals surface area contributed by atoms with Gasteiger partial charge >= 0.3 is 0 Å². The Balaban J connectivity index is 2.06. The van der Waals surface area contributed by atoms with Crippen molar-refractivity contribution in [3.05, 3.63) is 53.1 Å². The molecule has 0 saturated carbocycles. The van der Waals surface area contributed by atoms with Gasteiger partial charge in [0.25, 0.3) is 0 Å². The maximum Gasteiger partial charge on any atom is 0.240 e. The number of methoxy groups -OCH3 is 2. The first-order valence-corrected chi connectivity index (χ1v) is 9.69. The molecule has 25 heavy (non-hydrogen) atoms. The molecule has 0 unspecified atom stereocenters. The summed E-state index contributed by atoms with van der Waals surface area (Å²) in [6, 6.07) is 10.7. The Bertz CT molecular complexity index is 814. The molecule has 2 aromatic carbocycles. The quantitative estimate of drug-likeness (QED) is 0.783. The third kappa shape index (κ3) is 4.74. The summed E-state index contributed by atoms with van der Waals surface area (Å²) in [4.78, 5) is 0.286. The predicted octanol–water partition coefficient (Wildman–Crippen LogP) is 3.10. The number of rotatable bonds is 8. The highest BCUT2D eigenvalue weighted by Crippen LogP contribution is 2.30. The van der Waals surface area contributed by atoms with Crippen LogP contribution in [0.2, 0.25) is 0 Å². The van der Waals surface area contributed by atoms with E-state index in [-0.39, 0.29) is 4.90 Å². The monoisotopic (exact) mass is 363 g/mol. The summed E-state index contributed by atoms with van der Waals surface area (Å²) < 4.78 is 38.0. The van der Waals surface area contributed by atoms with Crippen LogP contribution in [-0.4, -0.2) is 29.2 Å². The fourth-order valence-corrected chi connectivity index (χ4v) is 3.63. The van der Waals surface area contributed by atoms with Gasteiger partial charge in [0.15, 0.2) is 11.5 Å². The van der Waals surface area contributed by atoms with Crippen LogP contribution in [0.25, 0.3) is 0 Å². The van der Waals surface area contributed by atoms with Crippen molar-refractivity contribution in [2.24, 2.45) is 0 Å². The summed E-state index contributed by atoms with van der Waals surface area (Å²) in [7, 11) is -0.328. The second kappa shape index (κ2) is 8.36. The molecule has 0 amide bonds. The highest BCUT2D eigenvalue weighted by Gasteiger charge is 2.14. The fourth-order valence-electron chi connectivity index (χ4n) is 2.60. The van der Waals surface area contributed by atoms with Crippen LogP contribution in [-0.2, 0) is 22.9 Å². The Hall–Kier alpha value is -2.05.